The van der Waals surface area contributed by atoms with Gasteiger partial charge in [0, 0.05) is 31.6 Å². The normalized spacial score (nSPS) is 18.5. The van der Waals surface area contributed by atoms with E-state index in [-0.39, 0.29) is 23.9 Å². The first-order valence-corrected chi connectivity index (χ1v) is 13.0. The molecular formula is C27H28F3N5OS. The Hall–Kier alpha value is -3.11. The summed E-state index contributed by atoms with van der Waals surface area (Å²) in [7, 11) is 2.08. The second-order valence-electron chi connectivity index (χ2n) is 9.79. The fourth-order valence-electron chi connectivity index (χ4n) is 4.52. The molecule has 2 aromatic carbocycles. The fraction of sp³-hybridized carbons (Fsp3) is 0.370. The van der Waals surface area contributed by atoms with Crippen LogP contribution in [0.4, 0.5) is 13.2 Å². The van der Waals surface area contributed by atoms with Crippen molar-refractivity contribution in [2.24, 2.45) is 4.99 Å². The first kappa shape index (κ1) is 25.5. The number of benzene rings is 2. The molecule has 0 saturated carbocycles. The number of halogens is 3. The maximum Gasteiger partial charge on any atom is 0.416 e. The van der Waals surface area contributed by atoms with E-state index in [1.165, 1.54) is 17.8 Å². The van der Waals surface area contributed by atoms with Gasteiger partial charge in [0.1, 0.15) is 0 Å². The average molecular weight is 528 g/mol. The third kappa shape index (κ3) is 5.45. The van der Waals surface area contributed by atoms with Crippen molar-refractivity contribution in [2.75, 3.05) is 33.2 Å². The summed E-state index contributed by atoms with van der Waals surface area (Å²) in [6, 6.07) is 10.1. The van der Waals surface area contributed by atoms with Crippen molar-refractivity contribution in [3.63, 3.8) is 0 Å². The second-order valence-corrected chi connectivity index (χ2v) is 10.8. The molecule has 0 unspecified atom stereocenters. The Balaban J connectivity index is 1.36. The molecule has 3 aromatic rings. The maximum absolute atomic E-state index is 13.8. The molecule has 6 nitrogen and oxygen atoms in total. The van der Waals surface area contributed by atoms with E-state index in [9.17, 15) is 18.0 Å². The molecule has 10 heteroatoms. The molecule has 1 fully saturated rings. The molecule has 0 atom stereocenters. The number of alkyl halides is 3. The monoisotopic (exact) mass is 527 g/mol. The summed E-state index contributed by atoms with van der Waals surface area (Å²) in [5.41, 5.74) is 1.74. The minimum Gasteiger partial charge on any atom is -0.348 e. The molecule has 1 aromatic heterocycles. The van der Waals surface area contributed by atoms with Gasteiger partial charge < -0.3 is 9.80 Å². The molecule has 0 bridgehead atoms. The van der Waals surface area contributed by atoms with Crippen LogP contribution >= 0.6 is 11.8 Å². The third-order valence-electron chi connectivity index (χ3n) is 6.77. The predicted molar refractivity (Wildman–Crippen MR) is 141 cm³/mol. The Kier molecular flexibility index (Phi) is 6.89. The smallest absolute Gasteiger partial charge is 0.348 e. The number of carbonyl (C=O) groups excluding carboxylic acids is 1. The number of rotatable bonds is 4. The number of hydrogen-bond acceptors (Lipinski definition) is 5. The average Bonchev–Trinajstić information content (AvgIpc) is 3.42. The molecule has 1 amide bonds. The van der Waals surface area contributed by atoms with E-state index >= 15 is 0 Å². The molecule has 194 valence electrons. The Bertz CT molecular complexity index is 1400. The largest absolute Gasteiger partial charge is 0.416 e. The van der Waals surface area contributed by atoms with E-state index in [1.807, 2.05) is 38.1 Å². The number of nitrogens with zero attached hydrogens (tertiary/aromatic N) is 5. The van der Waals surface area contributed by atoms with E-state index in [0.29, 0.717) is 10.5 Å². The highest BCUT2D eigenvalue weighted by Crippen LogP contribution is 2.35. The van der Waals surface area contributed by atoms with Crippen molar-refractivity contribution >= 4 is 39.8 Å². The lowest BCUT2D eigenvalue weighted by atomic mass is 9.97. The Morgan fingerprint density at radius 3 is 2.54 bits per heavy atom. The maximum atomic E-state index is 13.8. The van der Waals surface area contributed by atoms with Crippen molar-refractivity contribution in [3.05, 3.63) is 69.8 Å². The van der Waals surface area contributed by atoms with E-state index in [4.69, 9.17) is 0 Å². The summed E-state index contributed by atoms with van der Waals surface area (Å²) in [4.78, 5) is 21.7. The SMILES string of the molecule is CC(C)c1ccc(Cn2ncc3cc(C=C4SC(N5CCN(C)CC5)=NC4=O)ccc32)c(C(F)(F)F)c1. The summed E-state index contributed by atoms with van der Waals surface area (Å²) >= 11 is 1.38. The van der Waals surface area contributed by atoms with Gasteiger partial charge >= 0.3 is 6.18 Å². The van der Waals surface area contributed by atoms with Crippen LogP contribution < -0.4 is 0 Å². The highest BCUT2D eigenvalue weighted by molar-refractivity contribution is 8.18. The number of piperazine rings is 1. The standard InChI is InChI=1S/C27H28F3N5OS/c1-17(2)19-5-6-20(22(14-19)27(28,29)30)16-35-23-7-4-18(12-21(23)15-31-35)13-24-25(36)32-26(37-24)34-10-8-33(3)9-11-34/h4-7,12-15,17H,8-11,16H2,1-3H3. The lowest BCUT2D eigenvalue weighted by Crippen LogP contribution is -2.46. The summed E-state index contributed by atoms with van der Waals surface area (Å²) < 4.78 is 43.0. The Morgan fingerprint density at radius 2 is 1.84 bits per heavy atom. The lowest BCUT2D eigenvalue weighted by Gasteiger charge is -2.32. The summed E-state index contributed by atoms with van der Waals surface area (Å²) in [5.74, 6) is -0.250. The predicted octanol–water partition coefficient (Wildman–Crippen LogP) is 5.44. The molecule has 37 heavy (non-hydrogen) atoms. The van der Waals surface area contributed by atoms with Crippen LogP contribution in [0.2, 0.25) is 0 Å². The molecular weight excluding hydrogens is 499 g/mol. The highest BCUT2D eigenvalue weighted by Gasteiger charge is 2.34. The van der Waals surface area contributed by atoms with Crippen molar-refractivity contribution < 1.29 is 18.0 Å². The Labute approximate surface area is 217 Å². The van der Waals surface area contributed by atoms with Crippen LogP contribution in [-0.4, -0.2) is 63.9 Å². The lowest BCUT2D eigenvalue weighted by molar-refractivity contribution is -0.138. The van der Waals surface area contributed by atoms with Crippen LogP contribution in [0.5, 0.6) is 0 Å². The zero-order chi connectivity index (χ0) is 26.3. The number of aliphatic imine (C=N–C) groups is 1. The number of carbonyl (C=O) groups is 1. The van der Waals surface area contributed by atoms with Gasteiger partial charge in [-0.05, 0) is 65.7 Å². The van der Waals surface area contributed by atoms with Crippen LogP contribution in [0.1, 0.15) is 42.0 Å². The molecule has 3 heterocycles. The molecule has 1 saturated heterocycles. The van der Waals surface area contributed by atoms with Gasteiger partial charge in [-0.25, -0.2) is 0 Å². The van der Waals surface area contributed by atoms with Gasteiger partial charge in [0.05, 0.1) is 28.7 Å². The quantitative estimate of drug-likeness (QED) is 0.423. The van der Waals surface area contributed by atoms with Crippen molar-refractivity contribution in [2.45, 2.75) is 32.5 Å². The van der Waals surface area contributed by atoms with Crippen molar-refractivity contribution in [3.8, 4) is 0 Å². The van der Waals surface area contributed by atoms with E-state index in [2.05, 4.69) is 26.9 Å². The minimum absolute atomic E-state index is 0.00109. The first-order chi connectivity index (χ1) is 17.6. The number of fused-ring (bicyclic) bond motifs is 1. The molecule has 0 spiro atoms. The number of likely N-dealkylation sites (N-methyl/N-ethyl adjacent to an activating group) is 1. The summed E-state index contributed by atoms with van der Waals surface area (Å²) in [6.45, 7) is 7.29. The zero-order valence-corrected chi connectivity index (χ0v) is 21.7. The van der Waals surface area contributed by atoms with Gasteiger partial charge in [-0.2, -0.15) is 23.3 Å². The topological polar surface area (TPSA) is 53.7 Å². The van der Waals surface area contributed by atoms with Gasteiger partial charge in [0.15, 0.2) is 5.17 Å². The first-order valence-electron chi connectivity index (χ1n) is 12.2. The van der Waals surface area contributed by atoms with Gasteiger partial charge in [-0.15, -0.1) is 0 Å². The Morgan fingerprint density at radius 1 is 1.08 bits per heavy atom. The van der Waals surface area contributed by atoms with Crippen molar-refractivity contribution in [1.82, 2.24) is 19.6 Å². The number of hydrogen-bond donors (Lipinski definition) is 0. The second kappa shape index (κ2) is 9.98. The molecule has 0 aliphatic carbocycles. The molecule has 5 rings (SSSR count). The number of thioether (sulfide) groups is 1. The van der Waals surface area contributed by atoms with E-state index in [0.717, 1.165) is 47.8 Å². The number of aromatic nitrogens is 2. The van der Waals surface area contributed by atoms with Gasteiger partial charge in [-0.3, -0.25) is 9.48 Å². The van der Waals surface area contributed by atoms with Gasteiger partial charge in [0.2, 0.25) is 0 Å². The van der Waals surface area contributed by atoms with Crippen molar-refractivity contribution in [1.29, 1.82) is 0 Å². The van der Waals surface area contributed by atoms with Crippen LogP contribution in [0.25, 0.3) is 17.0 Å². The molecule has 0 radical (unpaired) electrons. The molecule has 0 N–H and O–H groups in total. The van der Waals surface area contributed by atoms with E-state index in [1.54, 1.807) is 23.0 Å². The zero-order valence-electron chi connectivity index (χ0n) is 20.9. The molecule has 2 aliphatic heterocycles. The molecule has 2 aliphatic rings. The van der Waals surface area contributed by atoms with E-state index < -0.39 is 11.7 Å². The number of amidine groups is 1. The van der Waals surface area contributed by atoms with Crippen LogP contribution in [0.15, 0.2) is 52.5 Å². The van der Waals surface area contributed by atoms with Gasteiger partial charge in [0.25, 0.3) is 5.91 Å². The number of amides is 1. The van der Waals surface area contributed by atoms with Crippen LogP contribution in [-0.2, 0) is 17.5 Å². The summed E-state index contributed by atoms with van der Waals surface area (Å²) in [5, 5.41) is 5.89. The van der Waals surface area contributed by atoms with Gasteiger partial charge in [-0.1, -0.05) is 32.0 Å². The summed E-state index contributed by atoms with van der Waals surface area (Å²) in [6.07, 6.45) is -0.995. The fourth-order valence-corrected chi connectivity index (χ4v) is 5.48. The third-order valence-corrected chi connectivity index (χ3v) is 7.82. The van der Waals surface area contributed by atoms with Crippen LogP contribution in [0, 0.1) is 0 Å². The highest BCUT2D eigenvalue weighted by atomic mass is 32.2. The minimum atomic E-state index is -4.45. The van der Waals surface area contributed by atoms with Crippen LogP contribution in [0.3, 0.4) is 0 Å².